The molecule has 0 aliphatic heterocycles. The van der Waals surface area contributed by atoms with Crippen LogP contribution in [0.15, 0.2) is 84.9 Å². The van der Waals surface area contributed by atoms with Crippen molar-refractivity contribution in [1.82, 2.24) is 10.2 Å². The first-order valence-electron chi connectivity index (χ1n) is 14.5. The fourth-order valence-corrected chi connectivity index (χ4v) is 6.41. The van der Waals surface area contributed by atoms with E-state index in [9.17, 15) is 18.0 Å². The monoisotopic (exact) mass is 575 g/mol. The maximum absolute atomic E-state index is 14.2. The molecule has 1 atom stereocenters. The SMILES string of the molecule is CCc1ccccc1N(CC(=O)N(Cc1ccccc1)[C@H](Cc1ccccc1)C(=O)NC1CCCCC1)S(C)(=O)=O. The molecule has 0 unspecified atom stereocenters. The van der Waals surface area contributed by atoms with Crippen molar-refractivity contribution in [3.05, 3.63) is 102 Å². The van der Waals surface area contributed by atoms with E-state index in [4.69, 9.17) is 0 Å². The number of nitrogens with one attached hydrogen (secondary N) is 1. The molecule has 1 aliphatic carbocycles. The molecule has 0 radical (unpaired) electrons. The van der Waals surface area contributed by atoms with E-state index in [0.29, 0.717) is 18.5 Å². The van der Waals surface area contributed by atoms with Gasteiger partial charge in [-0.1, -0.05) is 105 Å². The Balaban J connectivity index is 1.72. The lowest BCUT2D eigenvalue weighted by atomic mass is 9.94. The second-order valence-electron chi connectivity index (χ2n) is 10.8. The summed E-state index contributed by atoms with van der Waals surface area (Å²) in [7, 11) is -3.79. The van der Waals surface area contributed by atoms with Crippen LogP contribution in [0.4, 0.5) is 5.69 Å². The molecule has 1 N–H and O–H groups in total. The Bertz CT molecular complexity index is 1390. The lowest BCUT2D eigenvalue weighted by Gasteiger charge is -2.35. The van der Waals surface area contributed by atoms with Gasteiger partial charge in [-0.15, -0.1) is 0 Å². The summed E-state index contributed by atoms with van der Waals surface area (Å²) >= 11 is 0. The molecule has 0 saturated heterocycles. The molecule has 0 heterocycles. The van der Waals surface area contributed by atoms with E-state index in [1.807, 2.05) is 79.7 Å². The predicted octanol–water partition coefficient (Wildman–Crippen LogP) is 5.10. The molecule has 3 aromatic rings. The highest BCUT2D eigenvalue weighted by molar-refractivity contribution is 7.92. The molecule has 218 valence electrons. The zero-order valence-corrected chi connectivity index (χ0v) is 24.9. The minimum Gasteiger partial charge on any atom is -0.352 e. The molecule has 0 spiro atoms. The highest BCUT2D eigenvalue weighted by Crippen LogP contribution is 2.25. The third kappa shape index (κ3) is 8.43. The van der Waals surface area contributed by atoms with Crippen molar-refractivity contribution >= 4 is 27.5 Å². The summed E-state index contributed by atoms with van der Waals surface area (Å²) in [5, 5.41) is 3.23. The van der Waals surface area contributed by atoms with Gasteiger partial charge in [0.15, 0.2) is 0 Å². The molecular formula is C33H41N3O4S. The van der Waals surface area contributed by atoms with Gasteiger partial charge in [0.1, 0.15) is 12.6 Å². The van der Waals surface area contributed by atoms with Crippen molar-refractivity contribution in [2.75, 3.05) is 17.1 Å². The van der Waals surface area contributed by atoms with Gasteiger partial charge in [-0.05, 0) is 42.0 Å². The lowest BCUT2D eigenvalue weighted by molar-refractivity contribution is -0.140. The number of hydrogen-bond acceptors (Lipinski definition) is 4. The van der Waals surface area contributed by atoms with Crippen LogP contribution < -0.4 is 9.62 Å². The van der Waals surface area contributed by atoms with Crippen LogP contribution in [-0.4, -0.2) is 50.0 Å². The normalized spacial score (nSPS) is 14.7. The van der Waals surface area contributed by atoms with Crippen LogP contribution in [0.1, 0.15) is 55.7 Å². The number of aryl methyl sites for hydroxylation is 1. The number of benzene rings is 3. The zero-order chi connectivity index (χ0) is 29.2. The molecule has 41 heavy (non-hydrogen) atoms. The van der Waals surface area contributed by atoms with Gasteiger partial charge in [-0.2, -0.15) is 0 Å². The lowest BCUT2D eigenvalue weighted by Crippen LogP contribution is -2.55. The molecule has 0 aromatic heterocycles. The van der Waals surface area contributed by atoms with Gasteiger partial charge in [-0.25, -0.2) is 8.42 Å². The molecule has 1 saturated carbocycles. The van der Waals surface area contributed by atoms with Crippen molar-refractivity contribution in [3.63, 3.8) is 0 Å². The summed E-state index contributed by atoms with van der Waals surface area (Å²) in [4.78, 5) is 29.8. The second kappa shape index (κ2) is 14.3. The van der Waals surface area contributed by atoms with Gasteiger partial charge in [0.2, 0.25) is 21.8 Å². The highest BCUT2D eigenvalue weighted by Gasteiger charge is 2.34. The van der Waals surface area contributed by atoms with Crippen molar-refractivity contribution in [2.24, 2.45) is 0 Å². The fourth-order valence-electron chi connectivity index (χ4n) is 5.53. The van der Waals surface area contributed by atoms with E-state index in [-0.39, 0.29) is 18.5 Å². The largest absolute Gasteiger partial charge is 0.352 e. The number of carbonyl (C=O) groups is 2. The van der Waals surface area contributed by atoms with E-state index in [1.54, 1.807) is 17.0 Å². The molecular weight excluding hydrogens is 534 g/mol. The quantitative estimate of drug-likeness (QED) is 0.325. The summed E-state index contributed by atoms with van der Waals surface area (Å²) in [5.74, 6) is -0.630. The van der Waals surface area contributed by atoms with Crippen LogP contribution in [0, 0.1) is 0 Å². The topological polar surface area (TPSA) is 86.8 Å². The van der Waals surface area contributed by atoms with Crippen molar-refractivity contribution in [1.29, 1.82) is 0 Å². The molecule has 3 aromatic carbocycles. The Labute approximate surface area is 244 Å². The zero-order valence-electron chi connectivity index (χ0n) is 24.0. The van der Waals surface area contributed by atoms with Crippen LogP contribution in [0.3, 0.4) is 0 Å². The first kappa shape index (κ1) is 30.3. The average molecular weight is 576 g/mol. The Morgan fingerprint density at radius 2 is 1.44 bits per heavy atom. The predicted molar refractivity (Wildman–Crippen MR) is 164 cm³/mol. The number of carbonyl (C=O) groups excluding carboxylic acids is 2. The molecule has 2 amide bonds. The van der Waals surface area contributed by atoms with Gasteiger partial charge in [0.25, 0.3) is 0 Å². The second-order valence-corrected chi connectivity index (χ2v) is 12.7. The Morgan fingerprint density at radius 1 is 0.854 bits per heavy atom. The van der Waals surface area contributed by atoms with Crippen molar-refractivity contribution in [2.45, 2.75) is 70.5 Å². The molecule has 4 rings (SSSR count). The minimum absolute atomic E-state index is 0.0761. The van der Waals surface area contributed by atoms with Gasteiger partial charge in [-0.3, -0.25) is 13.9 Å². The number of para-hydroxylation sites is 1. The summed E-state index contributed by atoms with van der Waals surface area (Å²) < 4.78 is 27.3. The summed E-state index contributed by atoms with van der Waals surface area (Å²) in [6.45, 7) is 1.74. The van der Waals surface area contributed by atoms with E-state index in [2.05, 4.69) is 5.32 Å². The van der Waals surface area contributed by atoms with E-state index >= 15 is 0 Å². The van der Waals surface area contributed by atoms with E-state index in [0.717, 1.165) is 48.6 Å². The van der Waals surface area contributed by atoms with Crippen molar-refractivity contribution in [3.8, 4) is 0 Å². The smallest absolute Gasteiger partial charge is 0.244 e. The fraction of sp³-hybridized carbons (Fsp3) is 0.394. The third-order valence-electron chi connectivity index (χ3n) is 7.74. The van der Waals surface area contributed by atoms with Crippen LogP contribution in [0.25, 0.3) is 0 Å². The molecule has 8 heteroatoms. The standard InChI is InChI=1S/C33H41N3O4S/c1-3-28-19-13-14-22-30(28)36(41(2,39)40)25-32(37)35(24-27-17-9-5-10-18-27)31(23-26-15-7-4-8-16-26)33(38)34-29-20-11-6-12-21-29/h4-5,7-10,13-19,22,29,31H,3,6,11-12,20-21,23-25H2,1-2H3,(H,34,38)/t31-/m1/s1. The number of sulfonamides is 1. The molecule has 1 aliphatic rings. The number of anilines is 1. The van der Waals surface area contributed by atoms with Gasteiger partial charge < -0.3 is 10.2 Å². The molecule has 7 nitrogen and oxygen atoms in total. The maximum Gasteiger partial charge on any atom is 0.244 e. The Hall–Kier alpha value is -3.65. The van der Waals surface area contributed by atoms with Gasteiger partial charge in [0.05, 0.1) is 11.9 Å². The summed E-state index contributed by atoms with van der Waals surface area (Å²) in [6, 6.07) is 25.7. The van der Waals surface area contributed by atoms with E-state index < -0.39 is 28.5 Å². The number of amides is 2. The van der Waals surface area contributed by atoms with Crippen molar-refractivity contribution < 1.29 is 18.0 Å². The first-order chi connectivity index (χ1) is 19.8. The van der Waals surface area contributed by atoms with Crippen LogP contribution in [0.5, 0.6) is 0 Å². The minimum atomic E-state index is -3.79. The molecule has 0 bridgehead atoms. The van der Waals surface area contributed by atoms with Gasteiger partial charge >= 0.3 is 0 Å². The number of rotatable bonds is 12. The summed E-state index contributed by atoms with van der Waals surface area (Å²) in [6.07, 6.45) is 7.21. The Kier molecular flexibility index (Phi) is 10.6. The van der Waals surface area contributed by atoms with Gasteiger partial charge in [0, 0.05) is 19.0 Å². The number of hydrogen-bond donors (Lipinski definition) is 1. The average Bonchev–Trinajstić information content (AvgIpc) is 2.98. The molecule has 1 fully saturated rings. The highest BCUT2D eigenvalue weighted by atomic mass is 32.2. The first-order valence-corrected chi connectivity index (χ1v) is 16.3. The maximum atomic E-state index is 14.2. The summed E-state index contributed by atoms with van der Waals surface area (Å²) in [5.41, 5.74) is 3.11. The third-order valence-corrected chi connectivity index (χ3v) is 8.87. The number of nitrogens with zero attached hydrogens (tertiary/aromatic N) is 2. The van der Waals surface area contributed by atoms with Crippen LogP contribution in [0.2, 0.25) is 0 Å². The van der Waals surface area contributed by atoms with E-state index in [1.165, 1.54) is 10.7 Å². The van der Waals surface area contributed by atoms with Crippen LogP contribution in [-0.2, 0) is 39.0 Å². The van der Waals surface area contributed by atoms with Crippen LogP contribution >= 0.6 is 0 Å². The Morgan fingerprint density at radius 3 is 2.05 bits per heavy atom.